The molecular formula is C33H34ClF3N2O3. The molecule has 2 atom stereocenters. The second kappa shape index (κ2) is 10.9. The van der Waals surface area contributed by atoms with Gasteiger partial charge in [-0.2, -0.15) is 0 Å². The smallest absolute Gasteiger partial charge is 0.251 e. The Balaban J connectivity index is 1.47. The highest BCUT2D eigenvalue weighted by molar-refractivity contribution is 6.34. The number of fused-ring (bicyclic) bond motifs is 2. The number of alkyl halides is 1. The molecule has 9 heteroatoms. The first kappa shape index (κ1) is 29.0. The number of carbonyl (C=O) groups excluding carboxylic acids is 1. The molecule has 3 aromatic rings. The molecule has 0 bridgehead atoms. The molecule has 0 radical (unpaired) electrons. The fraction of sp³-hybridized carbons (Fsp3) is 0.424. The summed E-state index contributed by atoms with van der Waals surface area (Å²) in [7, 11) is 1.40. The van der Waals surface area contributed by atoms with Crippen LogP contribution in [0.5, 0.6) is 5.75 Å². The molecule has 6 rings (SSSR count). The first-order chi connectivity index (χ1) is 20.0. The van der Waals surface area contributed by atoms with Crippen LogP contribution in [-0.2, 0) is 18.4 Å². The summed E-state index contributed by atoms with van der Waals surface area (Å²) in [6.45, 7) is 2.22. The Kier molecular flexibility index (Phi) is 7.52. The number of aliphatic hydroxyl groups is 1. The second-order valence-electron chi connectivity index (χ2n) is 12.1. The van der Waals surface area contributed by atoms with Gasteiger partial charge in [-0.25, -0.2) is 13.2 Å². The number of hydrogen-bond acceptors (Lipinski definition) is 4. The highest BCUT2D eigenvalue weighted by Crippen LogP contribution is 2.51. The van der Waals surface area contributed by atoms with E-state index in [0.29, 0.717) is 24.9 Å². The van der Waals surface area contributed by atoms with Crippen molar-refractivity contribution in [3.63, 3.8) is 0 Å². The van der Waals surface area contributed by atoms with Gasteiger partial charge in [0.15, 0.2) is 5.60 Å². The van der Waals surface area contributed by atoms with E-state index in [1.165, 1.54) is 19.2 Å². The first-order valence-electron chi connectivity index (χ1n) is 14.5. The predicted octanol–water partition coefficient (Wildman–Crippen LogP) is 6.72. The Bertz CT molecular complexity index is 1540. The first-order valence-corrected chi connectivity index (χ1v) is 14.8. The van der Waals surface area contributed by atoms with Crippen LogP contribution in [0.1, 0.15) is 77.8 Å². The van der Waals surface area contributed by atoms with Gasteiger partial charge in [0.25, 0.3) is 5.91 Å². The van der Waals surface area contributed by atoms with Gasteiger partial charge in [-0.05, 0) is 68.2 Å². The van der Waals surface area contributed by atoms with Crippen LogP contribution in [-0.4, -0.2) is 36.2 Å². The summed E-state index contributed by atoms with van der Waals surface area (Å²) < 4.78 is 53.1. The number of halogens is 4. The van der Waals surface area contributed by atoms with Crippen molar-refractivity contribution < 1.29 is 27.8 Å². The monoisotopic (exact) mass is 598 g/mol. The Labute approximate surface area is 248 Å². The van der Waals surface area contributed by atoms with E-state index in [9.17, 15) is 14.3 Å². The average molecular weight is 599 g/mol. The van der Waals surface area contributed by atoms with Crippen LogP contribution in [0.3, 0.4) is 0 Å². The van der Waals surface area contributed by atoms with Crippen molar-refractivity contribution in [2.24, 2.45) is 0 Å². The second-order valence-corrected chi connectivity index (χ2v) is 12.5. The van der Waals surface area contributed by atoms with Crippen LogP contribution in [0.15, 0.2) is 42.5 Å². The number of ether oxygens (including phenoxy) is 1. The van der Waals surface area contributed by atoms with Gasteiger partial charge in [0.1, 0.15) is 23.6 Å². The molecule has 3 aromatic carbocycles. The molecule has 222 valence electrons. The third-order valence-electron chi connectivity index (χ3n) is 9.20. The minimum absolute atomic E-state index is 0.0550. The van der Waals surface area contributed by atoms with Gasteiger partial charge in [-0.15, -0.1) is 0 Å². The lowest BCUT2D eigenvalue weighted by Crippen LogP contribution is -2.48. The number of hydrogen-bond donors (Lipinski definition) is 3. The van der Waals surface area contributed by atoms with Crippen molar-refractivity contribution in [3.8, 4) is 16.9 Å². The minimum Gasteiger partial charge on any atom is -0.480 e. The molecule has 1 aliphatic heterocycles. The van der Waals surface area contributed by atoms with Gasteiger partial charge in [-0.3, -0.25) is 4.79 Å². The highest BCUT2D eigenvalue weighted by Gasteiger charge is 2.45. The molecule has 0 aromatic heterocycles. The predicted molar refractivity (Wildman–Crippen MR) is 156 cm³/mol. The standard InChI is InChI=1S/C33H34ClF3N2O3/c1-32(41)12-10-19(11-13-32)39-17-33(18-6-4-3-5-7-18)16-23-26(42-33)15-25(36)29(34)27(23)28-22(31(40)38-2)14-21-20(30(28)37)8-9-24(21)35/h3-7,14-15,19,24,39,41H,8-13,16-17H2,1-2H3,(H,38,40)/t19?,24?,32?,33-/m1/s1. The van der Waals surface area contributed by atoms with Crippen molar-refractivity contribution in [3.05, 3.63) is 86.9 Å². The van der Waals surface area contributed by atoms with Crippen LogP contribution >= 0.6 is 11.6 Å². The molecule has 1 saturated carbocycles. The molecule has 0 spiro atoms. The normalized spacial score (nSPS) is 26.5. The summed E-state index contributed by atoms with van der Waals surface area (Å²) in [5.41, 5.74) is -0.178. The third-order valence-corrected chi connectivity index (χ3v) is 9.57. The van der Waals surface area contributed by atoms with Crippen molar-refractivity contribution in [2.75, 3.05) is 13.6 Å². The maximum atomic E-state index is 16.3. The van der Waals surface area contributed by atoms with Crippen molar-refractivity contribution >= 4 is 17.5 Å². The van der Waals surface area contributed by atoms with E-state index < -0.39 is 34.9 Å². The average Bonchev–Trinajstić information content (AvgIpc) is 3.54. The molecule has 2 aliphatic carbocycles. The van der Waals surface area contributed by atoms with Gasteiger partial charge in [0.05, 0.1) is 16.2 Å². The van der Waals surface area contributed by atoms with E-state index in [2.05, 4.69) is 10.6 Å². The lowest BCUT2D eigenvalue weighted by molar-refractivity contribution is 0.0104. The highest BCUT2D eigenvalue weighted by atomic mass is 35.5. The quantitative estimate of drug-likeness (QED) is 0.295. The zero-order valence-corrected chi connectivity index (χ0v) is 24.4. The van der Waals surface area contributed by atoms with E-state index in [-0.39, 0.29) is 63.9 Å². The van der Waals surface area contributed by atoms with Crippen LogP contribution < -0.4 is 15.4 Å². The number of nitrogens with one attached hydrogen (secondary N) is 2. The van der Waals surface area contributed by atoms with E-state index >= 15 is 8.78 Å². The molecule has 5 nitrogen and oxygen atoms in total. The van der Waals surface area contributed by atoms with E-state index in [0.717, 1.165) is 18.4 Å². The largest absolute Gasteiger partial charge is 0.480 e. The van der Waals surface area contributed by atoms with Crippen LogP contribution in [0, 0.1) is 11.6 Å². The number of amides is 1. The molecule has 1 heterocycles. The molecule has 42 heavy (non-hydrogen) atoms. The van der Waals surface area contributed by atoms with Gasteiger partial charge in [0, 0.05) is 48.8 Å². The Morgan fingerprint density at radius 3 is 2.50 bits per heavy atom. The topological polar surface area (TPSA) is 70.6 Å². The summed E-state index contributed by atoms with van der Waals surface area (Å²) in [4.78, 5) is 13.0. The molecular weight excluding hydrogens is 565 g/mol. The lowest BCUT2D eigenvalue weighted by atomic mass is 9.82. The fourth-order valence-electron chi connectivity index (χ4n) is 6.79. The van der Waals surface area contributed by atoms with Crippen LogP contribution in [0.25, 0.3) is 11.1 Å². The SMILES string of the molecule is CNC(=O)c1cc2c(c(F)c1-c1c(Cl)c(F)cc3c1C[C@@](CNC1CCC(C)(O)CC1)(c1ccccc1)O3)CCC2F. The van der Waals surface area contributed by atoms with E-state index in [1.807, 2.05) is 37.3 Å². The number of carbonyl (C=O) groups is 1. The zero-order valence-electron chi connectivity index (χ0n) is 23.6. The summed E-state index contributed by atoms with van der Waals surface area (Å²) in [6, 6.07) is 12.3. The summed E-state index contributed by atoms with van der Waals surface area (Å²) in [6.07, 6.45) is 2.06. The van der Waals surface area contributed by atoms with Gasteiger partial charge in [-0.1, -0.05) is 41.9 Å². The lowest BCUT2D eigenvalue weighted by Gasteiger charge is -2.36. The Morgan fingerprint density at radius 1 is 1.10 bits per heavy atom. The summed E-state index contributed by atoms with van der Waals surface area (Å²) in [5, 5.41) is 16.2. The van der Waals surface area contributed by atoms with Crippen LogP contribution in [0.2, 0.25) is 5.02 Å². The Morgan fingerprint density at radius 2 is 1.81 bits per heavy atom. The van der Waals surface area contributed by atoms with E-state index in [4.69, 9.17) is 16.3 Å². The molecule has 3 aliphatic rings. The molecule has 3 N–H and O–H groups in total. The summed E-state index contributed by atoms with van der Waals surface area (Å²) in [5.74, 6) is -1.97. The summed E-state index contributed by atoms with van der Waals surface area (Å²) >= 11 is 6.61. The van der Waals surface area contributed by atoms with Gasteiger partial charge >= 0.3 is 0 Å². The zero-order chi connectivity index (χ0) is 29.8. The van der Waals surface area contributed by atoms with Gasteiger partial charge in [0.2, 0.25) is 0 Å². The fourth-order valence-corrected chi connectivity index (χ4v) is 7.05. The van der Waals surface area contributed by atoms with Crippen molar-refractivity contribution in [2.45, 2.75) is 75.3 Å². The Hall–Kier alpha value is -3.07. The number of benzene rings is 3. The van der Waals surface area contributed by atoms with Crippen molar-refractivity contribution in [1.29, 1.82) is 0 Å². The molecule has 0 saturated heterocycles. The van der Waals surface area contributed by atoms with Crippen LogP contribution in [0.4, 0.5) is 13.2 Å². The molecule has 1 amide bonds. The molecule has 1 unspecified atom stereocenters. The van der Waals surface area contributed by atoms with Crippen molar-refractivity contribution in [1.82, 2.24) is 10.6 Å². The maximum Gasteiger partial charge on any atom is 0.251 e. The van der Waals surface area contributed by atoms with E-state index in [1.54, 1.807) is 0 Å². The third kappa shape index (κ3) is 4.97. The van der Waals surface area contributed by atoms with Gasteiger partial charge < -0.3 is 20.5 Å². The minimum atomic E-state index is -1.38. The molecule has 1 fully saturated rings. The number of rotatable bonds is 6. The maximum absolute atomic E-state index is 16.3.